The monoisotopic (exact) mass is 516 g/mol. The minimum atomic E-state index is -1.20. The second kappa shape index (κ2) is 9.64. The lowest BCUT2D eigenvalue weighted by Gasteiger charge is -2.30. The predicted octanol–water partition coefficient (Wildman–Crippen LogP) is 5.43. The van der Waals surface area contributed by atoms with Crippen LogP contribution in [0, 0.1) is 24.1 Å². The third-order valence-electron chi connectivity index (χ3n) is 6.41. The molecule has 3 heterocycles. The molecule has 0 spiro atoms. The summed E-state index contributed by atoms with van der Waals surface area (Å²) in [6, 6.07) is 13.5. The number of fused-ring (bicyclic) bond motifs is 2. The van der Waals surface area contributed by atoms with Gasteiger partial charge in [-0.15, -0.1) is 0 Å². The van der Waals surface area contributed by atoms with Crippen molar-refractivity contribution in [3.8, 4) is 6.07 Å². The van der Waals surface area contributed by atoms with E-state index in [4.69, 9.17) is 16.6 Å². The summed E-state index contributed by atoms with van der Waals surface area (Å²) in [6.45, 7) is 4.86. The Labute approximate surface area is 217 Å². The van der Waals surface area contributed by atoms with Crippen LogP contribution in [0.4, 0.5) is 15.9 Å². The first-order chi connectivity index (χ1) is 17.7. The number of nitrogens with one attached hydrogen (secondary N) is 1. The van der Waals surface area contributed by atoms with E-state index in [1.54, 1.807) is 18.2 Å². The van der Waals surface area contributed by atoms with Crippen LogP contribution in [-0.4, -0.2) is 32.6 Å². The number of pyridine rings is 1. The zero-order valence-corrected chi connectivity index (χ0v) is 20.8. The third-order valence-corrected chi connectivity index (χ3v) is 6.62. The Hall–Kier alpha value is -4.29. The van der Waals surface area contributed by atoms with Crippen molar-refractivity contribution in [3.05, 3.63) is 87.1 Å². The zero-order chi connectivity index (χ0) is 26.3. The van der Waals surface area contributed by atoms with Crippen molar-refractivity contribution in [1.29, 1.82) is 5.26 Å². The SMILES string of the molecule is Cc1cc([C@@H](C)Nc2ccc(Cl)nc2C(=O)O)c2nc(N3CCc4cc(F)ccc4C3)c(C#N)nc2c1. The lowest BCUT2D eigenvalue weighted by Crippen LogP contribution is -2.32. The number of nitriles is 1. The lowest BCUT2D eigenvalue weighted by atomic mass is 9.99. The van der Waals surface area contributed by atoms with Gasteiger partial charge in [0.05, 0.1) is 22.8 Å². The van der Waals surface area contributed by atoms with Gasteiger partial charge in [0.15, 0.2) is 17.2 Å². The van der Waals surface area contributed by atoms with Crippen LogP contribution in [0.2, 0.25) is 5.15 Å². The van der Waals surface area contributed by atoms with E-state index in [2.05, 4.69) is 21.4 Å². The summed E-state index contributed by atoms with van der Waals surface area (Å²) in [7, 11) is 0. The first-order valence-electron chi connectivity index (χ1n) is 11.6. The lowest BCUT2D eigenvalue weighted by molar-refractivity contribution is 0.0691. The number of aromatic nitrogens is 3. The Kier molecular flexibility index (Phi) is 6.36. The highest BCUT2D eigenvalue weighted by Crippen LogP contribution is 2.32. The number of nitrogens with zero attached hydrogens (tertiary/aromatic N) is 5. The van der Waals surface area contributed by atoms with E-state index in [1.165, 1.54) is 12.1 Å². The van der Waals surface area contributed by atoms with Gasteiger partial charge in [-0.05, 0) is 67.3 Å². The van der Waals surface area contributed by atoms with Gasteiger partial charge in [0.1, 0.15) is 17.0 Å². The molecule has 186 valence electrons. The van der Waals surface area contributed by atoms with Gasteiger partial charge in [0.2, 0.25) is 0 Å². The first kappa shape index (κ1) is 24.4. The second-order valence-corrected chi connectivity index (χ2v) is 9.40. The molecule has 0 aliphatic carbocycles. The fraction of sp³-hybridized carbons (Fsp3) is 0.222. The van der Waals surface area contributed by atoms with Crippen molar-refractivity contribution < 1.29 is 14.3 Å². The second-order valence-electron chi connectivity index (χ2n) is 9.02. The van der Waals surface area contributed by atoms with Crippen molar-refractivity contribution in [2.75, 3.05) is 16.8 Å². The molecule has 0 radical (unpaired) electrons. The average Bonchev–Trinajstić information content (AvgIpc) is 2.87. The van der Waals surface area contributed by atoms with Gasteiger partial charge in [-0.3, -0.25) is 0 Å². The number of rotatable bonds is 5. The van der Waals surface area contributed by atoms with Crippen molar-refractivity contribution in [2.45, 2.75) is 32.9 Å². The highest BCUT2D eigenvalue weighted by atomic mass is 35.5. The normalized spacial score (nSPS) is 13.6. The summed E-state index contributed by atoms with van der Waals surface area (Å²) < 4.78 is 13.7. The summed E-state index contributed by atoms with van der Waals surface area (Å²) >= 11 is 5.90. The van der Waals surface area contributed by atoms with Crippen LogP contribution in [0.25, 0.3) is 11.0 Å². The number of halogens is 2. The molecular weight excluding hydrogens is 495 g/mol. The molecule has 37 heavy (non-hydrogen) atoms. The Morgan fingerprint density at radius 2 is 2.00 bits per heavy atom. The Bertz CT molecular complexity index is 1600. The van der Waals surface area contributed by atoms with Gasteiger partial charge in [-0.25, -0.2) is 24.1 Å². The molecule has 1 atom stereocenters. The maximum atomic E-state index is 13.7. The molecule has 0 unspecified atom stereocenters. The fourth-order valence-electron chi connectivity index (χ4n) is 4.68. The number of benzene rings is 2. The van der Waals surface area contributed by atoms with Crippen molar-refractivity contribution >= 4 is 40.1 Å². The molecule has 0 saturated carbocycles. The highest BCUT2D eigenvalue weighted by molar-refractivity contribution is 6.29. The molecule has 0 fully saturated rings. The zero-order valence-electron chi connectivity index (χ0n) is 20.1. The van der Waals surface area contributed by atoms with Gasteiger partial charge in [0, 0.05) is 18.7 Å². The van der Waals surface area contributed by atoms with Crippen molar-refractivity contribution in [1.82, 2.24) is 15.0 Å². The molecule has 0 amide bonds. The Balaban J connectivity index is 1.57. The quantitative estimate of drug-likeness (QED) is 0.337. The highest BCUT2D eigenvalue weighted by Gasteiger charge is 2.24. The van der Waals surface area contributed by atoms with Crippen LogP contribution in [0.1, 0.15) is 51.4 Å². The maximum Gasteiger partial charge on any atom is 0.356 e. The van der Waals surface area contributed by atoms with Gasteiger partial charge in [-0.1, -0.05) is 23.7 Å². The van der Waals surface area contributed by atoms with Crippen LogP contribution in [0.3, 0.4) is 0 Å². The summed E-state index contributed by atoms with van der Waals surface area (Å²) in [5, 5.41) is 22.7. The van der Waals surface area contributed by atoms with Crippen LogP contribution in [0.5, 0.6) is 0 Å². The third kappa shape index (κ3) is 4.76. The van der Waals surface area contributed by atoms with Crippen LogP contribution in [-0.2, 0) is 13.0 Å². The van der Waals surface area contributed by atoms with E-state index >= 15 is 0 Å². The fourth-order valence-corrected chi connectivity index (χ4v) is 4.82. The summed E-state index contributed by atoms with van der Waals surface area (Å²) in [4.78, 5) is 27.2. The van der Waals surface area contributed by atoms with Gasteiger partial charge >= 0.3 is 5.97 Å². The van der Waals surface area contributed by atoms with Gasteiger partial charge < -0.3 is 15.3 Å². The van der Waals surface area contributed by atoms with E-state index in [9.17, 15) is 19.6 Å². The van der Waals surface area contributed by atoms with E-state index in [1.807, 2.05) is 30.9 Å². The van der Waals surface area contributed by atoms with Crippen molar-refractivity contribution in [2.24, 2.45) is 0 Å². The number of carboxylic acid groups (broad SMARTS) is 1. The van der Waals surface area contributed by atoms with E-state index in [0.717, 1.165) is 22.3 Å². The molecule has 8 nitrogen and oxygen atoms in total. The number of aryl methyl sites for hydroxylation is 1. The molecule has 2 aromatic carbocycles. The number of carbonyl (C=O) groups is 1. The Morgan fingerprint density at radius 1 is 1.19 bits per heavy atom. The molecule has 5 rings (SSSR count). The minimum Gasteiger partial charge on any atom is -0.476 e. The molecule has 0 saturated heterocycles. The molecule has 10 heteroatoms. The number of aromatic carboxylic acids is 1. The smallest absolute Gasteiger partial charge is 0.356 e. The molecule has 1 aliphatic heterocycles. The molecular formula is C27H22ClFN6O2. The number of carboxylic acids is 1. The summed E-state index contributed by atoms with van der Waals surface area (Å²) in [5.74, 6) is -1.00. The molecule has 0 bridgehead atoms. The summed E-state index contributed by atoms with van der Waals surface area (Å²) in [5.41, 5.74) is 5.16. The van der Waals surface area contributed by atoms with Gasteiger partial charge in [0.25, 0.3) is 0 Å². The van der Waals surface area contributed by atoms with E-state index < -0.39 is 5.97 Å². The van der Waals surface area contributed by atoms with E-state index in [-0.39, 0.29) is 28.4 Å². The first-order valence-corrected chi connectivity index (χ1v) is 12.0. The summed E-state index contributed by atoms with van der Waals surface area (Å²) in [6.07, 6.45) is 0.623. The minimum absolute atomic E-state index is 0.0852. The number of hydrogen-bond donors (Lipinski definition) is 2. The topological polar surface area (TPSA) is 115 Å². The Morgan fingerprint density at radius 3 is 2.76 bits per heavy atom. The standard InChI is InChI=1S/C27H22ClFN6O2/c1-14-9-19(15(2)31-20-5-6-23(28)33-25(20)27(36)37)24-21(10-14)32-22(12-30)26(34-24)35-8-7-16-11-18(29)4-3-17(16)13-35/h3-6,9-11,15,31H,7-8,13H2,1-2H3,(H,36,37)/t15-/m1/s1. The van der Waals surface area contributed by atoms with Crippen LogP contribution >= 0.6 is 11.6 Å². The number of anilines is 2. The van der Waals surface area contributed by atoms with Crippen molar-refractivity contribution in [3.63, 3.8) is 0 Å². The molecule has 2 aromatic heterocycles. The number of hydrogen-bond acceptors (Lipinski definition) is 7. The largest absolute Gasteiger partial charge is 0.476 e. The molecule has 1 aliphatic rings. The average molecular weight is 517 g/mol. The molecule has 2 N–H and O–H groups in total. The van der Waals surface area contributed by atoms with Crippen LogP contribution in [0.15, 0.2) is 42.5 Å². The van der Waals surface area contributed by atoms with Gasteiger partial charge in [-0.2, -0.15) is 5.26 Å². The van der Waals surface area contributed by atoms with E-state index in [0.29, 0.717) is 42.0 Å². The maximum absolute atomic E-state index is 13.7. The predicted molar refractivity (Wildman–Crippen MR) is 138 cm³/mol. The van der Waals surface area contributed by atoms with Crippen LogP contribution < -0.4 is 10.2 Å². The molecule has 4 aromatic rings.